The van der Waals surface area contributed by atoms with E-state index in [2.05, 4.69) is 29.5 Å². The lowest BCUT2D eigenvalue weighted by Gasteiger charge is -2.32. The first kappa shape index (κ1) is 27.7. The van der Waals surface area contributed by atoms with Crippen LogP contribution in [-0.2, 0) is 4.74 Å². The molecule has 0 bridgehead atoms. The zero-order valence-electron chi connectivity index (χ0n) is 17.5. The Balaban J connectivity index is 0.00000729. The molecular formula is C19H38F3IN4O. The summed E-state index contributed by atoms with van der Waals surface area (Å²) in [5.41, 5.74) is 0. The number of nitrogens with zero attached hydrogens (tertiary/aromatic N) is 2. The lowest BCUT2D eigenvalue weighted by molar-refractivity contribution is -0.148. The molecule has 28 heavy (non-hydrogen) atoms. The molecule has 0 aliphatic carbocycles. The topological polar surface area (TPSA) is 48.9 Å². The first-order valence-corrected chi connectivity index (χ1v) is 10.2. The maximum Gasteiger partial charge on any atom is 0.401 e. The van der Waals surface area contributed by atoms with Gasteiger partial charge in [0, 0.05) is 32.8 Å². The predicted octanol–water partition coefficient (Wildman–Crippen LogP) is 3.89. The maximum absolute atomic E-state index is 12.4. The highest BCUT2D eigenvalue weighted by Gasteiger charge is 2.32. The maximum atomic E-state index is 12.4. The molecule has 168 valence electrons. The molecule has 0 amide bonds. The molecule has 1 aliphatic heterocycles. The molecule has 0 unspecified atom stereocenters. The Bertz CT molecular complexity index is 414. The minimum atomic E-state index is -4.09. The van der Waals surface area contributed by atoms with Gasteiger partial charge >= 0.3 is 6.18 Å². The monoisotopic (exact) mass is 522 g/mol. The summed E-state index contributed by atoms with van der Waals surface area (Å²) in [4.78, 5) is 6.06. The number of rotatable bonds is 11. The van der Waals surface area contributed by atoms with Gasteiger partial charge in [-0.05, 0) is 57.5 Å². The van der Waals surface area contributed by atoms with Gasteiger partial charge in [-0.3, -0.25) is 9.89 Å². The van der Waals surface area contributed by atoms with E-state index in [1.54, 1.807) is 0 Å². The molecule has 0 aromatic heterocycles. The molecule has 0 saturated carbocycles. The predicted molar refractivity (Wildman–Crippen MR) is 120 cm³/mol. The molecule has 0 aromatic carbocycles. The number of alkyl halides is 3. The molecule has 1 saturated heterocycles. The Labute approximate surface area is 185 Å². The molecule has 1 fully saturated rings. The number of ether oxygens (including phenoxy) is 1. The third kappa shape index (κ3) is 14.7. The van der Waals surface area contributed by atoms with E-state index in [4.69, 9.17) is 4.74 Å². The fourth-order valence-corrected chi connectivity index (χ4v) is 3.10. The number of nitrogens with one attached hydrogen (secondary N) is 2. The number of likely N-dealkylation sites (tertiary alicyclic amines) is 1. The molecule has 1 aliphatic rings. The average Bonchev–Trinajstić information content (AvgIpc) is 2.58. The van der Waals surface area contributed by atoms with Crippen LogP contribution in [-0.4, -0.2) is 69.5 Å². The quantitative estimate of drug-likeness (QED) is 0.187. The SMILES string of the molecule is CCNC(=NCCCOCC(C)C)NCCC1CCN(CC(F)(F)F)CC1.I. The van der Waals surface area contributed by atoms with Gasteiger partial charge < -0.3 is 15.4 Å². The van der Waals surface area contributed by atoms with Gasteiger partial charge in [0.2, 0.25) is 0 Å². The van der Waals surface area contributed by atoms with E-state index in [-0.39, 0.29) is 24.0 Å². The van der Waals surface area contributed by atoms with Crippen molar-refractivity contribution < 1.29 is 17.9 Å². The first-order chi connectivity index (χ1) is 12.8. The smallest absolute Gasteiger partial charge is 0.381 e. The van der Waals surface area contributed by atoms with Gasteiger partial charge in [-0.1, -0.05) is 13.8 Å². The second-order valence-corrected chi connectivity index (χ2v) is 7.63. The lowest BCUT2D eigenvalue weighted by Crippen LogP contribution is -2.41. The van der Waals surface area contributed by atoms with Crippen molar-refractivity contribution in [3.8, 4) is 0 Å². The van der Waals surface area contributed by atoms with E-state index in [1.807, 2.05) is 6.92 Å². The summed E-state index contributed by atoms with van der Waals surface area (Å²) in [6, 6.07) is 0. The van der Waals surface area contributed by atoms with Crippen LogP contribution < -0.4 is 10.6 Å². The van der Waals surface area contributed by atoms with Gasteiger partial charge in [-0.15, -0.1) is 24.0 Å². The second kappa shape index (κ2) is 15.5. The van der Waals surface area contributed by atoms with Crippen LogP contribution >= 0.6 is 24.0 Å². The zero-order chi connectivity index (χ0) is 20.1. The van der Waals surface area contributed by atoms with Crippen molar-refractivity contribution in [2.45, 2.75) is 52.6 Å². The van der Waals surface area contributed by atoms with Gasteiger partial charge in [-0.2, -0.15) is 13.2 Å². The fourth-order valence-electron chi connectivity index (χ4n) is 3.10. The Kier molecular flexibility index (Phi) is 15.4. The van der Waals surface area contributed by atoms with Crippen molar-refractivity contribution in [3.63, 3.8) is 0 Å². The van der Waals surface area contributed by atoms with E-state index in [1.165, 1.54) is 4.90 Å². The van der Waals surface area contributed by atoms with Crippen molar-refractivity contribution in [2.75, 3.05) is 52.5 Å². The summed E-state index contributed by atoms with van der Waals surface area (Å²) >= 11 is 0. The summed E-state index contributed by atoms with van der Waals surface area (Å²) < 4.78 is 42.8. The lowest BCUT2D eigenvalue weighted by atomic mass is 9.93. The molecule has 0 spiro atoms. The normalized spacial score (nSPS) is 16.9. The molecule has 2 N–H and O–H groups in total. The van der Waals surface area contributed by atoms with Crippen LogP contribution in [0.1, 0.15) is 46.5 Å². The van der Waals surface area contributed by atoms with Crippen molar-refractivity contribution >= 4 is 29.9 Å². The van der Waals surface area contributed by atoms with Crippen molar-refractivity contribution in [1.82, 2.24) is 15.5 Å². The standard InChI is InChI=1S/C19H37F3N4O.HI/c1-4-23-18(24-9-5-13-27-14-16(2)3)25-10-6-17-7-11-26(12-8-17)15-19(20,21)22;/h16-17H,4-15H2,1-3H3,(H2,23,24,25);1H. The van der Waals surface area contributed by atoms with Gasteiger partial charge in [-0.25, -0.2) is 0 Å². The zero-order valence-corrected chi connectivity index (χ0v) is 19.8. The summed E-state index contributed by atoms with van der Waals surface area (Å²) in [5.74, 6) is 1.83. The van der Waals surface area contributed by atoms with Gasteiger partial charge in [0.15, 0.2) is 5.96 Å². The Morgan fingerprint density at radius 2 is 1.89 bits per heavy atom. The fraction of sp³-hybridized carbons (Fsp3) is 0.947. The summed E-state index contributed by atoms with van der Waals surface area (Å²) in [6.07, 6.45) is -0.578. The van der Waals surface area contributed by atoms with Gasteiger partial charge in [0.1, 0.15) is 0 Å². The first-order valence-electron chi connectivity index (χ1n) is 10.2. The van der Waals surface area contributed by atoms with Crippen molar-refractivity contribution in [2.24, 2.45) is 16.8 Å². The number of piperidine rings is 1. The average molecular weight is 522 g/mol. The van der Waals surface area contributed by atoms with E-state index >= 15 is 0 Å². The van der Waals surface area contributed by atoms with Gasteiger partial charge in [0.25, 0.3) is 0 Å². The highest BCUT2D eigenvalue weighted by Crippen LogP contribution is 2.23. The third-order valence-corrected chi connectivity index (χ3v) is 4.47. The molecule has 0 radical (unpaired) electrons. The van der Waals surface area contributed by atoms with E-state index in [0.717, 1.165) is 57.9 Å². The van der Waals surface area contributed by atoms with Crippen molar-refractivity contribution in [1.29, 1.82) is 0 Å². The molecule has 1 heterocycles. The highest BCUT2D eigenvalue weighted by atomic mass is 127. The number of hydrogen-bond donors (Lipinski definition) is 2. The van der Waals surface area contributed by atoms with Crippen LogP contribution in [0.3, 0.4) is 0 Å². The third-order valence-electron chi connectivity index (χ3n) is 4.47. The van der Waals surface area contributed by atoms with Crippen LogP contribution in [0.4, 0.5) is 13.2 Å². The number of halogens is 4. The molecular weight excluding hydrogens is 484 g/mol. The highest BCUT2D eigenvalue weighted by molar-refractivity contribution is 14.0. The van der Waals surface area contributed by atoms with Crippen LogP contribution in [0.5, 0.6) is 0 Å². The summed E-state index contributed by atoms with van der Waals surface area (Å²) in [5, 5.41) is 6.56. The van der Waals surface area contributed by atoms with E-state index in [9.17, 15) is 13.2 Å². The van der Waals surface area contributed by atoms with E-state index in [0.29, 0.717) is 31.5 Å². The minimum Gasteiger partial charge on any atom is -0.381 e. The number of aliphatic imine (C=N–C) groups is 1. The molecule has 0 atom stereocenters. The Morgan fingerprint density at radius 3 is 2.46 bits per heavy atom. The van der Waals surface area contributed by atoms with Crippen molar-refractivity contribution in [3.05, 3.63) is 0 Å². The Morgan fingerprint density at radius 1 is 1.21 bits per heavy atom. The molecule has 0 aromatic rings. The number of guanidine groups is 1. The summed E-state index contributed by atoms with van der Waals surface area (Å²) in [6.45, 7) is 10.4. The Hall–Kier alpha value is -0.290. The second-order valence-electron chi connectivity index (χ2n) is 7.63. The molecule has 9 heteroatoms. The molecule has 5 nitrogen and oxygen atoms in total. The van der Waals surface area contributed by atoms with Crippen LogP contribution in [0.15, 0.2) is 4.99 Å². The van der Waals surface area contributed by atoms with Crippen LogP contribution in [0, 0.1) is 11.8 Å². The van der Waals surface area contributed by atoms with Gasteiger partial charge in [0.05, 0.1) is 6.54 Å². The molecule has 1 rings (SSSR count). The largest absolute Gasteiger partial charge is 0.401 e. The van der Waals surface area contributed by atoms with Crippen LogP contribution in [0.25, 0.3) is 0 Å². The number of hydrogen-bond acceptors (Lipinski definition) is 3. The summed E-state index contributed by atoms with van der Waals surface area (Å²) in [7, 11) is 0. The minimum absolute atomic E-state index is 0. The van der Waals surface area contributed by atoms with Crippen LogP contribution in [0.2, 0.25) is 0 Å². The van der Waals surface area contributed by atoms with E-state index < -0.39 is 12.7 Å².